The third-order valence-electron chi connectivity index (χ3n) is 3.74. The molecule has 2 N–H and O–H groups in total. The van der Waals surface area contributed by atoms with E-state index in [1.54, 1.807) is 6.07 Å². The maximum absolute atomic E-state index is 13.1. The van der Waals surface area contributed by atoms with Crippen LogP contribution in [0.25, 0.3) is 0 Å². The summed E-state index contributed by atoms with van der Waals surface area (Å²) in [5.41, 5.74) is 0.263. The molecular formula is C17H24ClFN2O2. The maximum Gasteiger partial charge on any atom is 0.407 e. The summed E-state index contributed by atoms with van der Waals surface area (Å²) in [7, 11) is 0. The zero-order chi connectivity index (χ0) is 17.0. The van der Waals surface area contributed by atoms with E-state index >= 15 is 0 Å². The van der Waals surface area contributed by atoms with Gasteiger partial charge in [-0.2, -0.15) is 0 Å². The van der Waals surface area contributed by atoms with Gasteiger partial charge in [-0.1, -0.05) is 11.6 Å². The molecular weight excluding hydrogens is 319 g/mol. The summed E-state index contributed by atoms with van der Waals surface area (Å²) in [5, 5.41) is 6.65. The second-order valence-electron chi connectivity index (χ2n) is 6.96. The van der Waals surface area contributed by atoms with Crippen molar-refractivity contribution in [3.05, 3.63) is 29.0 Å². The van der Waals surface area contributed by atoms with E-state index in [-0.39, 0.29) is 24.0 Å². The van der Waals surface area contributed by atoms with Crippen molar-refractivity contribution in [2.24, 2.45) is 0 Å². The number of alkyl carbamates (subject to hydrolysis) is 1. The topological polar surface area (TPSA) is 50.4 Å². The van der Waals surface area contributed by atoms with E-state index in [0.29, 0.717) is 5.02 Å². The lowest BCUT2D eigenvalue weighted by Crippen LogP contribution is -2.42. The number of anilines is 1. The Kier molecular flexibility index (Phi) is 5.74. The molecule has 0 atom stereocenters. The van der Waals surface area contributed by atoms with Crippen molar-refractivity contribution in [3.63, 3.8) is 0 Å². The number of hydrogen-bond donors (Lipinski definition) is 2. The molecule has 1 aliphatic rings. The second kappa shape index (κ2) is 7.39. The smallest absolute Gasteiger partial charge is 0.407 e. The lowest BCUT2D eigenvalue weighted by Gasteiger charge is -2.31. The molecule has 0 unspecified atom stereocenters. The lowest BCUT2D eigenvalue weighted by atomic mass is 9.91. The van der Waals surface area contributed by atoms with E-state index in [2.05, 4.69) is 10.6 Å². The fourth-order valence-corrected chi connectivity index (χ4v) is 2.90. The fourth-order valence-electron chi connectivity index (χ4n) is 2.68. The van der Waals surface area contributed by atoms with Gasteiger partial charge in [-0.05, 0) is 64.7 Å². The molecule has 1 saturated carbocycles. The van der Waals surface area contributed by atoms with Crippen LogP contribution in [0, 0.1) is 5.82 Å². The molecule has 4 nitrogen and oxygen atoms in total. The minimum absolute atomic E-state index is 0.131. The first-order valence-electron chi connectivity index (χ1n) is 7.94. The van der Waals surface area contributed by atoms with E-state index in [1.807, 2.05) is 20.8 Å². The van der Waals surface area contributed by atoms with E-state index in [9.17, 15) is 9.18 Å². The molecule has 0 aliphatic heterocycles. The Morgan fingerprint density at radius 1 is 1.22 bits per heavy atom. The Balaban J connectivity index is 1.79. The normalized spacial score (nSPS) is 21.6. The van der Waals surface area contributed by atoms with E-state index in [4.69, 9.17) is 16.3 Å². The molecule has 1 amide bonds. The van der Waals surface area contributed by atoms with Crippen LogP contribution in [-0.4, -0.2) is 23.8 Å². The van der Waals surface area contributed by atoms with Crippen LogP contribution in [0.5, 0.6) is 0 Å². The Morgan fingerprint density at radius 2 is 1.83 bits per heavy atom. The summed E-state index contributed by atoms with van der Waals surface area (Å²) >= 11 is 6.03. The van der Waals surface area contributed by atoms with Crippen molar-refractivity contribution >= 4 is 23.4 Å². The highest BCUT2D eigenvalue weighted by atomic mass is 35.5. The van der Waals surface area contributed by atoms with Gasteiger partial charge in [0.25, 0.3) is 0 Å². The third-order valence-corrected chi connectivity index (χ3v) is 4.05. The van der Waals surface area contributed by atoms with Crippen molar-refractivity contribution in [1.29, 1.82) is 0 Å². The van der Waals surface area contributed by atoms with Gasteiger partial charge in [0.1, 0.15) is 11.4 Å². The minimum Gasteiger partial charge on any atom is -0.444 e. The Bertz CT molecular complexity index is 552. The Hall–Kier alpha value is -1.49. The summed E-state index contributed by atoms with van der Waals surface area (Å²) in [6, 6.07) is 4.76. The van der Waals surface area contributed by atoms with Crippen LogP contribution >= 0.6 is 11.6 Å². The molecule has 128 valence electrons. The van der Waals surface area contributed by atoms with Gasteiger partial charge in [0.05, 0.1) is 10.7 Å². The number of carbonyl (C=O) groups is 1. The van der Waals surface area contributed by atoms with Gasteiger partial charge in [0, 0.05) is 12.1 Å². The fraction of sp³-hybridized carbons (Fsp3) is 0.588. The van der Waals surface area contributed by atoms with Crippen LogP contribution < -0.4 is 10.6 Å². The van der Waals surface area contributed by atoms with Gasteiger partial charge in [-0.3, -0.25) is 0 Å². The molecule has 0 spiro atoms. The summed E-state index contributed by atoms with van der Waals surface area (Å²) in [5.74, 6) is -0.342. The largest absolute Gasteiger partial charge is 0.444 e. The highest BCUT2D eigenvalue weighted by molar-refractivity contribution is 6.33. The van der Waals surface area contributed by atoms with Crippen molar-refractivity contribution in [3.8, 4) is 0 Å². The number of carbonyl (C=O) groups excluding carboxylic acids is 1. The Morgan fingerprint density at radius 3 is 2.39 bits per heavy atom. The Labute approximate surface area is 141 Å². The molecule has 0 radical (unpaired) electrons. The van der Waals surface area contributed by atoms with Gasteiger partial charge >= 0.3 is 6.09 Å². The van der Waals surface area contributed by atoms with Crippen LogP contribution in [0.3, 0.4) is 0 Å². The van der Waals surface area contributed by atoms with Gasteiger partial charge in [0.15, 0.2) is 0 Å². The van der Waals surface area contributed by atoms with Crippen LogP contribution in [0.2, 0.25) is 5.02 Å². The average molecular weight is 343 g/mol. The number of ether oxygens (including phenoxy) is 1. The summed E-state index contributed by atoms with van der Waals surface area (Å²) in [4.78, 5) is 11.8. The van der Waals surface area contributed by atoms with Crippen LogP contribution in [-0.2, 0) is 4.74 Å². The molecule has 0 saturated heterocycles. The van der Waals surface area contributed by atoms with Crippen molar-refractivity contribution in [2.75, 3.05) is 5.32 Å². The number of amides is 1. The first-order chi connectivity index (χ1) is 10.7. The summed E-state index contributed by atoms with van der Waals surface area (Å²) < 4.78 is 18.3. The number of halogens is 2. The second-order valence-corrected chi connectivity index (χ2v) is 7.37. The van der Waals surface area contributed by atoms with Crippen LogP contribution in [0.1, 0.15) is 46.5 Å². The number of benzene rings is 1. The number of nitrogens with one attached hydrogen (secondary N) is 2. The summed E-state index contributed by atoms with van der Waals surface area (Å²) in [6.07, 6.45) is 3.20. The molecule has 1 aromatic carbocycles. The predicted octanol–water partition coefficient (Wildman–Crippen LogP) is 4.73. The van der Waals surface area contributed by atoms with Gasteiger partial charge in [-0.15, -0.1) is 0 Å². The molecule has 2 rings (SSSR count). The zero-order valence-electron chi connectivity index (χ0n) is 13.8. The minimum atomic E-state index is -0.484. The SMILES string of the molecule is CC(C)(C)OC(=O)NC1CCC(Nc2ccc(F)cc2Cl)CC1. The van der Waals surface area contributed by atoms with Crippen LogP contribution in [0.4, 0.5) is 14.9 Å². The highest BCUT2D eigenvalue weighted by Crippen LogP contribution is 2.27. The number of hydrogen-bond acceptors (Lipinski definition) is 3. The molecule has 0 bridgehead atoms. The van der Waals surface area contributed by atoms with Crippen molar-refractivity contribution < 1.29 is 13.9 Å². The standard InChI is InChI=1S/C17H24ClFN2O2/c1-17(2,3)23-16(22)21-13-7-5-12(6-8-13)20-15-9-4-11(19)10-14(15)18/h4,9-10,12-13,20H,5-8H2,1-3H3,(H,21,22). The number of rotatable bonds is 3. The van der Waals surface area contributed by atoms with Crippen molar-refractivity contribution in [1.82, 2.24) is 5.32 Å². The molecule has 1 aromatic rings. The van der Waals surface area contributed by atoms with E-state index in [0.717, 1.165) is 31.4 Å². The molecule has 6 heteroatoms. The molecule has 0 heterocycles. The molecule has 1 aliphatic carbocycles. The molecule has 23 heavy (non-hydrogen) atoms. The van der Waals surface area contributed by atoms with Crippen LogP contribution in [0.15, 0.2) is 18.2 Å². The first kappa shape index (κ1) is 17.9. The zero-order valence-corrected chi connectivity index (χ0v) is 14.5. The lowest BCUT2D eigenvalue weighted by molar-refractivity contribution is 0.0492. The van der Waals surface area contributed by atoms with E-state index < -0.39 is 5.60 Å². The highest BCUT2D eigenvalue weighted by Gasteiger charge is 2.25. The maximum atomic E-state index is 13.1. The monoisotopic (exact) mass is 342 g/mol. The van der Waals surface area contributed by atoms with Crippen molar-refractivity contribution in [2.45, 2.75) is 64.1 Å². The predicted molar refractivity (Wildman–Crippen MR) is 90.4 cm³/mol. The first-order valence-corrected chi connectivity index (χ1v) is 8.32. The van der Waals surface area contributed by atoms with Gasteiger partial charge < -0.3 is 15.4 Å². The summed E-state index contributed by atoms with van der Waals surface area (Å²) in [6.45, 7) is 5.54. The van der Waals surface area contributed by atoms with Gasteiger partial charge in [0.2, 0.25) is 0 Å². The molecule has 1 fully saturated rings. The molecule has 0 aromatic heterocycles. The quantitative estimate of drug-likeness (QED) is 0.835. The third kappa shape index (κ3) is 5.90. The van der Waals surface area contributed by atoms with Gasteiger partial charge in [-0.25, -0.2) is 9.18 Å². The average Bonchev–Trinajstić information content (AvgIpc) is 2.42. The van der Waals surface area contributed by atoms with E-state index in [1.165, 1.54) is 12.1 Å².